The molecule has 0 bridgehead atoms. The van der Waals surface area contributed by atoms with E-state index < -0.39 is 5.97 Å². The molecule has 0 radical (unpaired) electrons. The third-order valence-corrected chi connectivity index (χ3v) is 4.21. The van der Waals surface area contributed by atoms with Crippen molar-refractivity contribution < 1.29 is 19.1 Å². The van der Waals surface area contributed by atoms with Gasteiger partial charge in [-0.25, -0.2) is 4.79 Å². The van der Waals surface area contributed by atoms with E-state index in [2.05, 4.69) is 12.2 Å². The molecule has 2 amide bonds. The first-order valence-electron chi connectivity index (χ1n) is 8.32. The zero-order chi connectivity index (χ0) is 17.5. The number of nitrogens with zero attached hydrogens (tertiary/aromatic N) is 1. The van der Waals surface area contributed by atoms with Gasteiger partial charge >= 0.3 is 5.97 Å². The summed E-state index contributed by atoms with van der Waals surface area (Å²) in [4.78, 5) is 38.0. The fraction of sp³-hybridized carbons (Fsp3) is 0.500. The molecule has 0 saturated carbocycles. The van der Waals surface area contributed by atoms with Gasteiger partial charge < -0.3 is 15.0 Å². The van der Waals surface area contributed by atoms with E-state index >= 15 is 0 Å². The third-order valence-electron chi connectivity index (χ3n) is 4.21. The number of ether oxygens (including phenoxy) is 1. The van der Waals surface area contributed by atoms with Crippen molar-refractivity contribution in [1.82, 2.24) is 4.90 Å². The van der Waals surface area contributed by atoms with Gasteiger partial charge in [0.2, 0.25) is 11.8 Å². The minimum atomic E-state index is -0.505. The van der Waals surface area contributed by atoms with Crippen LogP contribution in [0.1, 0.15) is 43.0 Å². The third kappa shape index (κ3) is 4.34. The number of methoxy groups -OCH3 is 1. The number of anilines is 1. The van der Waals surface area contributed by atoms with Crippen molar-refractivity contribution in [1.29, 1.82) is 0 Å². The average molecular weight is 332 g/mol. The monoisotopic (exact) mass is 332 g/mol. The Morgan fingerprint density at radius 3 is 2.75 bits per heavy atom. The van der Waals surface area contributed by atoms with Gasteiger partial charge in [0, 0.05) is 19.5 Å². The normalized spacial score (nSPS) is 17.0. The summed E-state index contributed by atoms with van der Waals surface area (Å²) in [5.41, 5.74) is 0.712. The number of para-hydroxylation sites is 1. The first kappa shape index (κ1) is 18.0. The van der Waals surface area contributed by atoms with E-state index in [0.717, 1.165) is 19.3 Å². The number of carbonyl (C=O) groups is 3. The number of hydrogen-bond acceptors (Lipinski definition) is 4. The Labute approximate surface area is 142 Å². The molecule has 1 fully saturated rings. The number of amides is 2. The number of carbonyl (C=O) groups excluding carboxylic acids is 3. The maximum atomic E-state index is 12.5. The van der Waals surface area contributed by atoms with Crippen LogP contribution in [0.5, 0.6) is 0 Å². The van der Waals surface area contributed by atoms with Crippen molar-refractivity contribution in [3.8, 4) is 0 Å². The van der Waals surface area contributed by atoms with Gasteiger partial charge in [-0.3, -0.25) is 9.59 Å². The molecule has 0 spiro atoms. The highest BCUT2D eigenvalue weighted by molar-refractivity contribution is 6.03. The van der Waals surface area contributed by atoms with Gasteiger partial charge in [-0.2, -0.15) is 0 Å². The van der Waals surface area contributed by atoms with E-state index in [1.807, 2.05) is 0 Å². The molecule has 1 aromatic carbocycles. The molecule has 0 aliphatic carbocycles. The highest BCUT2D eigenvalue weighted by Crippen LogP contribution is 2.22. The van der Waals surface area contributed by atoms with Gasteiger partial charge in [0.15, 0.2) is 0 Å². The number of benzene rings is 1. The van der Waals surface area contributed by atoms with Crippen LogP contribution in [-0.2, 0) is 14.3 Å². The second-order valence-corrected chi connectivity index (χ2v) is 5.97. The number of hydrogen-bond donors (Lipinski definition) is 1. The fourth-order valence-corrected chi connectivity index (χ4v) is 2.83. The first-order valence-corrected chi connectivity index (χ1v) is 8.32. The Balaban J connectivity index is 1.99. The topological polar surface area (TPSA) is 75.7 Å². The summed E-state index contributed by atoms with van der Waals surface area (Å²) >= 11 is 0. The molecule has 130 valence electrons. The van der Waals surface area contributed by atoms with Gasteiger partial charge in [-0.1, -0.05) is 31.9 Å². The zero-order valence-corrected chi connectivity index (χ0v) is 14.2. The van der Waals surface area contributed by atoms with Crippen molar-refractivity contribution in [2.24, 2.45) is 5.92 Å². The number of esters is 1. The molecule has 1 aliphatic rings. The first-order chi connectivity index (χ1) is 11.6. The van der Waals surface area contributed by atoms with E-state index in [-0.39, 0.29) is 24.2 Å². The molecule has 1 aliphatic heterocycles. The fourth-order valence-electron chi connectivity index (χ4n) is 2.83. The standard InChI is InChI=1S/C18H24N2O4/c1-3-4-7-10-20-12-13(11-16(20)21)17(22)19-15-9-6-5-8-14(15)18(23)24-2/h5-6,8-9,13H,3-4,7,10-12H2,1-2H3,(H,19,22). The molecule has 24 heavy (non-hydrogen) atoms. The molecule has 6 heteroatoms. The highest BCUT2D eigenvalue weighted by atomic mass is 16.5. The average Bonchev–Trinajstić information content (AvgIpc) is 2.96. The Hall–Kier alpha value is -2.37. The lowest BCUT2D eigenvalue weighted by atomic mass is 10.1. The lowest BCUT2D eigenvalue weighted by molar-refractivity contribution is -0.128. The van der Waals surface area contributed by atoms with E-state index in [1.54, 1.807) is 29.2 Å². The Morgan fingerprint density at radius 2 is 2.04 bits per heavy atom. The summed E-state index contributed by atoms with van der Waals surface area (Å²) in [7, 11) is 1.30. The number of rotatable bonds is 7. The van der Waals surface area contributed by atoms with Crippen LogP contribution in [0.2, 0.25) is 0 Å². The van der Waals surface area contributed by atoms with Crippen molar-refractivity contribution >= 4 is 23.5 Å². The summed E-state index contributed by atoms with van der Waals surface area (Å²) < 4.78 is 4.72. The van der Waals surface area contributed by atoms with Gasteiger partial charge in [0.05, 0.1) is 24.3 Å². The minimum Gasteiger partial charge on any atom is -0.465 e. The van der Waals surface area contributed by atoms with Gasteiger partial charge in [-0.05, 0) is 18.6 Å². The van der Waals surface area contributed by atoms with Gasteiger partial charge in [0.1, 0.15) is 0 Å². The van der Waals surface area contributed by atoms with Crippen LogP contribution in [0, 0.1) is 5.92 Å². The lowest BCUT2D eigenvalue weighted by Gasteiger charge is -2.16. The smallest absolute Gasteiger partial charge is 0.339 e. The van der Waals surface area contributed by atoms with E-state index in [4.69, 9.17) is 4.74 Å². The van der Waals surface area contributed by atoms with Crippen molar-refractivity contribution in [2.45, 2.75) is 32.6 Å². The molecule has 2 rings (SSSR count). The number of unbranched alkanes of at least 4 members (excludes halogenated alkanes) is 2. The van der Waals surface area contributed by atoms with Gasteiger partial charge in [0.25, 0.3) is 0 Å². The summed E-state index contributed by atoms with van der Waals surface area (Å²) in [6, 6.07) is 6.69. The number of likely N-dealkylation sites (tertiary alicyclic amines) is 1. The van der Waals surface area contributed by atoms with Crippen LogP contribution in [0.15, 0.2) is 24.3 Å². The van der Waals surface area contributed by atoms with E-state index in [0.29, 0.717) is 24.3 Å². The SMILES string of the molecule is CCCCCN1CC(C(=O)Nc2ccccc2C(=O)OC)CC1=O. The largest absolute Gasteiger partial charge is 0.465 e. The van der Waals surface area contributed by atoms with Crippen LogP contribution in [0.3, 0.4) is 0 Å². The van der Waals surface area contributed by atoms with Gasteiger partial charge in [-0.15, -0.1) is 0 Å². The molecular weight excluding hydrogens is 308 g/mol. The lowest BCUT2D eigenvalue weighted by Crippen LogP contribution is -2.29. The molecule has 6 nitrogen and oxygen atoms in total. The predicted molar refractivity (Wildman–Crippen MR) is 90.6 cm³/mol. The van der Waals surface area contributed by atoms with Crippen molar-refractivity contribution in [3.05, 3.63) is 29.8 Å². The maximum absolute atomic E-state index is 12.5. The highest BCUT2D eigenvalue weighted by Gasteiger charge is 2.34. The summed E-state index contributed by atoms with van der Waals surface area (Å²) in [5, 5.41) is 2.76. The summed E-state index contributed by atoms with van der Waals surface area (Å²) in [6.45, 7) is 3.25. The molecule has 1 aromatic rings. The minimum absolute atomic E-state index is 0.0208. The van der Waals surface area contributed by atoms with Crippen LogP contribution in [0.25, 0.3) is 0 Å². The van der Waals surface area contributed by atoms with E-state index in [9.17, 15) is 14.4 Å². The van der Waals surface area contributed by atoms with Crippen molar-refractivity contribution in [2.75, 3.05) is 25.5 Å². The summed E-state index contributed by atoms with van der Waals surface area (Å²) in [5.74, 6) is -1.11. The molecule has 1 unspecified atom stereocenters. The van der Waals surface area contributed by atoms with Crippen molar-refractivity contribution in [3.63, 3.8) is 0 Å². The molecule has 0 aromatic heterocycles. The second kappa shape index (κ2) is 8.47. The second-order valence-electron chi connectivity index (χ2n) is 5.97. The van der Waals surface area contributed by atoms with Crippen LogP contribution in [-0.4, -0.2) is 42.9 Å². The Morgan fingerprint density at radius 1 is 1.29 bits per heavy atom. The Kier molecular flexibility index (Phi) is 6.35. The molecule has 1 atom stereocenters. The zero-order valence-electron chi connectivity index (χ0n) is 14.2. The predicted octanol–water partition coefficient (Wildman–Crippen LogP) is 2.45. The molecule has 1 heterocycles. The van der Waals surface area contributed by atoms with Crippen LogP contribution >= 0.6 is 0 Å². The maximum Gasteiger partial charge on any atom is 0.339 e. The molecular formula is C18H24N2O4. The van der Waals surface area contributed by atoms with E-state index in [1.165, 1.54) is 7.11 Å². The molecule has 1 N–H and O–H groups in total. The quantitative estimate of drug-likeness (QED) is 0.615. The van der Waals surface area contributed by atoms with Crippen LogP contribution in [0.4, 0.5) is 5.69 Å². The van der Waals surface area contributed by atoms with Crippen LogP contribution < -0.4 is 5.32 Å². The Bertz CT molecular complexity index is 615. The number of nitrogens with one attached hydrogen (secondary N) is 1. The summed E-state index contributed by atoms with van der Waals surface area (Å²) in [6.07, 6.45) is 3.35. The molecule has 1 saturated heterocycles.